The van der Waals surface area contributed by atoms with E-state index in [0.29, 0.717) is 6.42 Å². The first-order valence-electron chi connectivity index (χ1n) is 28.1. The van der Waals surface area contributed by atoms with Gasteiger partial charge in [-0.3, -0.25) is 4.79 Å². The van der Waals surface area contributed by atoms with Crippen molar-refractivity contribution in [2.45, 2.75) is 230 Å². The van der Waals surface area contributed by atoms with Gasteiger partial charge in [-0.2, -0.15) is 0 Å². The Hall–Kier alpha value is -3.93. The van der Waals surface area contributed by atoms with Gasteiger partial charge in [0.1, 0.15) is 24.4 Å². The molecule has 0 aromatic heterocycles. The molecule has 0 bridgehead atoms. The molecule has 1 fully saturated rings. The van der Waals surface area contributed by atoms with E-state index in [1.165, 1.54) is 64.2 Å². The maximum absolute atomic E-state index is 13.0. The second kappa shape index (κ2) is 50.6. The fourth-order valence-electron chi connectivity index (χ4n) is 7.73. The molecule has 0 radical (unpaired) electrons. The maximum atomic E-state index is 13.0. The fourth-order valence-corrected chi connectivity index (χ4v) is 7.73. The molecule has 406 valence electrons. The van der Waals surface area contributed by atoms with Crippen molar-refractivity contribution in [1.29, 1.82) is 0 Å². The number of nitrogens with one attached hydrogen (secondary N) is 1. The molecule has 0 saturated carbocycles. The predicted octanol–water partition coefficient (Wildman–Crippen LogP) is 13.9. The first kappa shape index (κ1) is 66.1. The summed E-state index contributed by atoms with van der Waals surface area (Å²) in [5, 5.41) is 54.3. The van der Waals surface area contributed by atoms with Crippen LogP contribution in [0, 0.1) is 0 Å². The number of aliphatic hydroxyl groups excluding tert-OH is 5. The highest BCUT2D eigenvalue weighted by molar-refractivity contribution is 5.76. The van der Waals surface area contributed by atoms with Crippen LogP contribution in [-0.2, 0) is 14.3 Å². The van der Waals surface area contributed by atoms with Crippen molar-refractivity contribution in [3.63, 3.8) is 0 Å². The Bertz CT molecular complexity index is 1630. The van der Waals surface area contributed by atoms with E-state index in [2.05, 4.69) is 153 Å². The van der Waals surface area contributed by atoms with E-state index >= 15 is 0 Å². The summed E-state index contributed by atoms with van der Waals surface area (Å²) in [5.74, 6) is -0.236. The summed E-state index contributed by atoms with van der Waals surface area (Å²) >= 11 is 0. The molecule has 0 aromatic rings. The first-order valence-corrected chi connectivity index (χ1v) is 28.1. The lowest BCUT2D eigenvalue weighted by Gasteiger charge is -2.40. The summed E-state index contributed by atoms with van der Waals surface area (Å²) < 4.78 is 11.2. The van der Waals surface area contributed by atoms with Crippen LogP contribution in [0.4, 0.5) is 0 Å². The van der Waals surface area contributed by atoms with E-state index in [9.17, 15) is 30.3 Å². The van der Waals surface area contributed by atoms with Crippen LogP contribution in [0.15, 0.2) is 146 Å². The Morgan fingerprint density at radius 1 is 0.486 bits per heavy atom. The number of ether oxygens (including phenoxy) is 2. The lowest BCUT2D eigenvalue weighted by atomic mass is 9.99. The molecule has 1 aliphatic heterocycles. The lowest BCUT2D eigenvalue weighted by molar-refractivity contribution is -0.302. The van der Waals surface area contributed by atoms with E-state index in [1.807, 2.05) is 6.08 Å². The molecule has 0 spiro atoms. The van der Waals surface area contributed by atoms with Crippen LogP contribution in [0.1, 0.15) is 187 Å². The minimum absolute atomic E-state index is 0.229. The summed E-state index contributed by atoms with van der Waals surface area (Å²) in [4.78, 5) is 13.0. The Morgan fingerprint density at radius 3 is 1.33 bits per heavy atom. The van der Waals surface area contributed by atoms with Gasteiger partial charge in [0.05, 0.1) is 25.4 Å². The monoisotopic (exact) mass is 1000 g/mol. The third-order valence-corrected chi connectivity index (χ3v) is 12.1. The summed E-state index contributed by atoms with van der Waals surface area (Å²) in [7, 11) is 0. The van der Waals surface area contributed by atoms with E-state index in [4.69, 9.17) is 9.47 Å². The first-order chi connectivity index (χ1) is 35.3. The zero-order valence-electron chi connectivity index (χ0n) is 44.9. The third-order valence-electron chi connectivity index (χ3n) is 12.1. The number of amides is 1. The van der Waals surface area contributed by atoms with Crippen molar-refractivity contribution < 1.29 is 39.8 Å². The van der Waals surface area contributed by atoms with Crippen LogP contribution in [0.25, 0.3) is 0 Å². The van der Waals surface area contributed by atoms with Crippen molar-refractivity contribution in [3.8, 4) is 0 Å². The molecule has 72 heavy (non-hydrogen) atoms. The number of hydrogen-bond acceptors (Lipinski definition) is 8. The molecule has 7 atom stereocenters. The number of aliphatic hydroxyl groups is 5. The van der Waals surface area contributed by atoms with Crippen molar-refractivity contribution in [1.82, 2.24) is 5.32 Å². The maximum Gasteiger partial charge on any atom is 0.220 e. The number of allylic oxidation sites excluding steroid dienone is 23. The molecule has 0 aliphatic carbocycles. The standard InChI is InChI=1S/C63H101NO8/c1-3-5-7-9-11-13-15-17-19-21-22-23-24-25-26-27-28-29-30-31-32-33-34-35-36-37-39-41-43-45-47-49-51-53-59(67)64-56(55-71-63-62(70)61(69)60(68)58(54-65)72-63)57(66)52-50-48-46-44-42-40-38-20-18-16-14-12-10-8-6-4-2/h5,7,11,13,17,19,22-23,25-26,28-29,31-32,34-35,37,39,42-45,50,52,56-58,60-63,65-66,68-70H,3-4,6,8-10,12,14-16,18,20-21,24,27,30,33,36,38,40-41,46-49,51,53-55H2,1-2H3,(H,64,67)/b7-5-,13-11-,19-17-,23-22-,26-25-,29-28-,32-31-,35-34-,39-37-,44-42+,45-43-,52-50+. The summed E-state index contributed by atoms with van der Waals surface area (Å²) in [5.41, 5.74) is 0. The Balaban J connectivity index is 2.30. The zero-order valence-corrected chi connectivity index (χ0v) is 44.9. The predicted molar refractivity (Wildman–Crippen MR) is 303 cm³/mol. The van der Waals surface area contributed by atoms with Gasteiger partial charge in [0.2, 0.25) is 5.91 Å². The minimum Gasteiger partial charge on any atom is -0.394 e. The van der Waals surface area contributed by atoms with Crippen molar-refractivity contribution in [2.75, 3.05) is 13.2 Å². The highest BCUT2D eigenvalue weighted by Crippen LogP contribution is 2.22. The average Bonchev–Trinajstić information content (AvgIpc) is 3.38. The Kier molecular flexibility index (Phi) is 46.4. The Morgan fingerprint density at radius 2 is 0.875 bits per heavy atom. The van der Waals surface area contributed by atoms with Crippen LogP contribution >= 0.6 is 0 Å². The molecule has 9 heteroatoms. The lowest BCUT2D eigenvalue weighted by Crippen LogP contribution is -2.60. The topological polar surface area (TPSA) is 149 Å². The molecule has 1 saturated heterocycles. The van der Waals surface area contributed by atoms with Gasteiger partial charge in [0, 0.05) is 6.42 Å². The molecule has 9 nitrogen and oxygen atoms in total. The number of unbranched alkanes of at least 4 members (excludes halogenated alkanes) is 13. The molecule has 6 N–H and O–H groups in total. The van der Waals surface area contributed by atoms with Gasteiger partial charge in [-0.1, -0.05) is 217 Å². The third kappa shape index (κ3) is 39.6. The van der Waals surface area contributed by atoms with Gasteiger partial charge < -0.3 is 40.3 Å². The van der Waals surface area contributed by atoms with Gasteiger partial charge in [0.25, 0.3) is 0 Å². The molecule has 1 heterocycles. The van der Waals surface area contributed by atoms with Gasteiger partial charge in [-0.25, -0.2) is 0 Å². The molecule has 1 amide bonds. The van der Waals surface area contributed by atoms with E-state index < -0.39 is 49.5 Å². The zero-order chi connectivity index (χ0) is 52.2. The smallest absolute Gasteiger partial charge is 0.220 e. The summed E-state index contributed by atoms with van der Waals surface area (Å²) in [6.45, 7) is 3.60. The number of rotatable bonds is 45. The molecular formula is C63H101NO8. The number of hydrogen-bond donors (Lipinski definition) is 6. The van der Waals surface area contributed by atoms with Gasteiger partial charge in [0.15, 0.2) is 6.29 Å². The van der Waals surface area contributed by atoms with E-state index in [-0.39, 0.29) is 18.9 Å². The van der Waals surface area contributed by atoms with Crippen LogP contribution in [0.3, 0.4) is 0 Å². The summed E-state index contributed by atoms with van der Waals surface area (Å²) in [6.07, 6.45) is 71.9. The molecule has 0 aromatic carbocycles. The Labute approximate surface area is 438 Å². The molecular weight excluding hydrogens is 899 g/mol. The largest absolute Gasteiger partial charge is 0.394 e. The molecule has 1 aliphatic rings. The average molecular weight is 1000 g/mol. The molecule has 7 unspecified atom stereocenters. The highest BCUT2D eigenvalue weighted by atomic mass is 16.7. The fraction of sp³-hybridized carbons (Fsp3) is 0.603. The minimum atomic E-state index is -1.59. The number of carbonyl (C=O) groups is 1. The molecule has 1 rings (SSSR count). The van der Waals surface area contributed by atoms with E-state index in [0.717, 1.165) is 96.3 Å². The van der Waals surface area contributed by atoms with Crippen molar-refractivity contribution in [2.24, 2.45) is 0 Å². The van der Waals surface area contributed by atoms with Crippen molar-refractivity contribution >= 4 is 5.91 Å². The van der Waals surface area contributed by atoms with Crippen LogP contribution < -0.4 is 5.32 Å². The van der Waals surface area contributed by atoms with Gasteiger partial charge in [-0.15, -0.1) is 0 Å². The second-order valence-corrected chi connectivity index (χ2v) is 18.6. The van der Waals surface area contributed by atoms with Gasteiger partial charge >= 0.3 is 0 Å². The van der Waals surface area contributed by atoms with Gasteiger partial charge in [-0.05, 0) is 109 Å². The quantitative estimate of drug-likeness (QED) is 0.0261. The highest BCUT2D eigenvalue weighted by Gasteiger charge is 2.44. The normalized spacial score (nSPS) is 20.3. The van der Waals surface area contributed by atoms with E-state index in [1.54, 1.807) is 6.08 Å². The summed E-state index contributed by atoms with van der Waals surface area (Å²) in [6, 6.07) is -0.856. The number of carbonyl (C=O) groups excluding carboxylic acids is 1. The van der Waals surface area contributed by atoms with Crippen LogP contribution in [0.5, 0.6) is 0 Å². The van der Waals surface area contributed by atoms with Crippen LogP contribution in [-0.4, -0.2) is 87.5 Å². The van der Waals surface area contributed by atoms with Crippen LogP contribution in [0.2, 0.25) is 0 Å². The second-order valence-electron chi connectivity index (χ2n) is 18.6. The van der Waals surface area contributed by atoms with Crippen molar-refractivity contribution in [3.05, 3.63) is 146 Å². The SMILES string of the molecule is CC/C=C\C/C=C\C/C=C\C/C=C\C/C=C\C/C=C\C/C=C\C/C=C\C/C=C\C/C=C\CCCCC(=O)NC(COC1OC(CO)C(O)C(O)C1O)C(O)/C=C/CC/C=C/CCCCCCCCCCCC.